The number of thiophene rings is 1. The van der Waals surface area contributed by atoms with Crippen molar-refractivity contribution in [3.63, 3.8) is 0 Å². The van der Waals surface area contributed by atoms with Gasteiger partial charge >= 0.3 is 0 Å². The maximum atomic E-state index is 12.3. The molecule has 0 aliphatic rings. The van der Waals surface area contributed by atoms with Crippen molar-refractivity contribution < 1.29 is 9.59 Å². The minimum atomic E-state index is -0.195. The number of amides is 2. The summed E-state index contributed by atoms with van der Waals surface area (Å²) in [4.78, 5) is 35.8. The van der Waals surface area contributed by atoms with Gasteiger partial charge in [-0.2, -0.15) is 0 Å². The van der Waals surface area contributed by atoms with E-state index in [1.807, 2.05) is 23.6 Å². The van der Waals surface area contributed by atoms with Gasteiger partial charge in [-0.15, -0.1) is 22.7 Å². The molecular formula is C19H21N5O2S2. The van der Waals surface area contributed by atoms with Crippen molar-refractivity contribution in [2.45, 2.75) is 20.3 Å². The van der Waals surface area contributed by atoms with Gasteiger partial charge in [0.2, 0.25) is 5.91 Å². The lowest BCUT2D eigenvalue weighted by Crippen LogP contribution is -2.23. The summed E-state index contributed by atoms with van der Waals surface area (Å²) in [6.45, 7) is 5.91. The van der Waals surface area contributed by atoms with E-state index in [2.05, 4.69) is 39.3 Å². The van der Waals surface area contributed by atoms with Crippen molar-refractivity contribution in [3.05, 3.63) is 51.8 Å². The van der Waals surface area contributed by atoms with Crippen molar-refractivity contribution in [1.82, 2.24) is 9.97 Å². The molecule has 0 radical (unpaired) electrons. The first-order valence-electron chi connectivity index (χ1n) is 8.89. The highest BCUT2D eigenvalue weighted by molar-refractivity contribution is 7.14. The Hall–Kier alpha value is -2.78. The normalized spacial score (nSPS) is 10.5. The lowest BCUT2D eigenvalue weighted by Gasteiger charge is -2.19. The van der Waals surface area contributed by atoms with Crippen LogP contribution in [-0.2, 0) is 11.2 Å². The van der Waals surface area contributed by atoms with Gasteiger partial charge in [0.1, 0.15) is 5.82 Å². The van der Waals surface area contributed by atoms with E-state index in [9.17, 15) is 9.59 Å². The summed E-state index contributed by atoms with van der Waals surface area (Å²) >= 11 is 2.66. The molecule has 0 spiro atoms. The van der Waals surface area contributed by atoms with E-state index in [1.54, 1.807) is 17.6 Å². The van der Waals surface area contributed by atoms with Crippen molar-refractivity contribution in [2.75, 3.05) is 28.6 Å². The van der Waals surface area contributed by atoms with E-state index in [0.717, 1.165) is 18.9 Å². The second-order valence-electron chi connectivity index (χ2n) is 5.88. The van der Waals surface area contributed by atoms with Crippen molar-refractivity contribution >= 4 is 51.1 Å². The van der Waals surface area contributed by atoms with E-state index in [0.29, 0.717) is 21.4 Å². The maximum absolute atomic E-state index is 12.3. The number of anilines is 3. The summed E-state index contributed by atoms with van der Waals surface area (Å²) in [5.74, 6) is 0.507. The molecule has 7 nitrogen and oxygen atoms in total. The number of hydrogen-bond donors (Lipinski definition) is 2. The standard InChI is InChI=1S/C19H21N5O2S2/c1-3-24(4-2)16-8-7-13(11-20-16)21-17(25)10-14-12-28-19(22-14)23-18(26)15-6-5-9-27-15/h5-9,11-12H,3-4,10H2,1-2H3,(H,21,25)(H,22,23,26). The molecule has 0 unspecified atom stereocenters. The van der Waals surface area contributed by atoms with Crippen LogP contribution in [0.15, 0.2) is 41.2 Å². The van der Waals surface area contributed by atoms with E-state index in [4.69, 9.17) is 0 Å². The predicted octanol–water partition coefficient (Wildman–Crippen LogP) is 3.88. The number of hydrogen-bond acceptors (Lipinski definition) is 7. The predicted molar refractivity (Wildman–Crippen MR) is 115 cm³/mol. The second kappa shape index (κ2) is 9.43. The molecular weight excluding hydrogens is 394 g/mol. The monoisotopic (exact) mass is 415 g/mol. The van der Waals surface area contributed by atoms with Crippen LogP contribution < -0.4 is 15.5 Å². The third-order valence-electron chi connectivity index (χ3n) is 3.98. The SMILES string of the molecule is CCN(CC)c1ccc(NC(=O)Cc2csc(NC(=O)c3cccs3)n2)cn1. The second-order valence-corrected chi connectivity index (χ2v) is 7.68. The molecule has 28 heavy (non-hydrogen) atoms. The molecule has 3 aromatic rings. The van der Waals surface area contributed by atoms with Crippen LogP contribution in [0.1, 0.15) is 29.2 Å². The molecule has 3 aromatic heterocycles. The number of nitrogens with zero attached hydrogens (tertiary/aromatic N) is 3. The molecule has 0 aliphatic heterocycles. The van der Waals surface area contributed by atoms with Crippen LogP contribution in [0.3, 0.4) is 0 Å². The summed E-state index contributed by atoms with van der Waals surface area (Å²) in [6.07, 6.45) is 1.78. The molecule has 3 rings (SSSR count). The number of thiazole rings is 1. The number of nitrogens with one attached hydrogen (secondary N) is 2. The van der Waals surface area contributed by atoms with Gasteiger partial charge < -0.3 is 10.2 Å². The van der Waals surface area contributed by atoms with Gasteiger partial charge in [0, 0.05) is 18.5 Å². The Morgan fingerprint density at radius 2 is 1.93 bits per heavy atom. The smallest absolute Gasteiger partial charge is 0.267 e. The minimum absolute atomic E-state index is 0.128. The molecule has 2 amide bonds. The quantitative estimate of drug-likeness (QED) is 0.583. The van der Waals surface area contributed by atoms with Crippen molar-refractivity contribution in [3.8, 4) is 0 Å². The molecule has 0 aromatic carbocycles. The molecule has 3 heterocycles. The summed E-state index contributed by atoms with van der Waals surface area (Å²) in [6, 6.07) is 7.30. The average molecular weight is 416 g/mol. The molecule has 0 fully saturated rings. The lowest BCUT2D eigenvalue weighted by atomic mass is 10.3. The summed E-state index contributed by atoms with van der Waals surface area (Å²) in [5.41, 5.74) is 1.25. The van der Waals surface area contributed by atoms with Gasteiger partial charge in [-0.25, -0.2) is 9.97 Å². The Bertz CT molecular complexity index is 918. The average Bonchev–Trinajstić information content (AvgIpc) is 3.36. The van der Waals surface area contributed by atoms with Gasteiger partial charge in [0.05, 0.1) is 28.9 Å². The maximum Gasteiger partial charge on any atom is 0.267 e. The minimum Gasteiger partial charge on any atom is -0.357 e. The largest absolute Gasteiger partial charge is 0.357 e. The van der Waals surface area contributed by atoms with Crippen molar-refractivity contribution in [1.29, 1.82) is 0 Å². The first-order chi connectivity index (χ1) is 13.6. The van der Waals surface area contributed by atoms with Gasteiger partial charge in [-0.1, -0.05) is 6.07 Å². The molecule has 0 bridgehead atoms. The Balaban J connectivity index is 1.54. The lowest BCUT2D eigenvalue weighted by molar-refractivity contribution is -0.115. The van der Waals surface area contributed by atoms with Gasteiger partial charge in [-0.3, -0.25) is 14.9 Å². The number of pyridine rings is 1. The number of carbonyl (C=O) groups is 2. The zero-order valence-corrected chi connectivity index (χ0v) is 17.3. The van der Waals surface area contributed by atoms with Crippen LogP contribution in [0.2, 0.25) is 0 Å². The van der Waals surface area contributed by atoms with E-state index < -0.39 is 0 Å². The molecule has 146 valence electrons. The molecule has 9 heteroatoms. The zero-order valence-electron chi connectivity index (χ0n) is 15.6. The van der Waals surface area contributed by atoms with E-state index >= 15 is 0 Å². The number of rotatable bonds is 8. The summed E-state index contributed by atoms with van der Waals surface area (Å²) in [5, 5.41) is 9.66. The third kappa shape index (κ3) is 5.14. The Labute approximate surface area is 171 Å². The van der Waals surface area contributed by atoms with Gasteiger partial charge in [0.15, 0.2) is 5.13 Å². The van der Waals surface area contributed by atoms with Crippen LogP contribution >= 0.6 is 22.7 Å². The summed E-state index contributed by atoms with van der Waals surface area (Å²) < 4.78 is 0. The van der Waals surface area contributed by atoms with E-state index in [-0.39, 0.29) is 18.2 Å². The third-order valence-corrected chi connectivity index (χ3v) is 5.65. The Morgan fingerprint density at radius 3 is 2.57 bits per heavy atom. The Kier molecular flexibility index (Phi) is 6.72. The zero-order chi connectivity index (χ0) is 19.9. The fourth-order valence-corrected chi connectivity index (χ4v) is 3.90. The Morgan fingerprint density at radius 1 is 1.11 bits per heavy atom. The first-order valence-corrected chi connectivity index (χ1v) is 10.6. The van der Waals surface area contributed by atoms with Crippen LogP contribution in [-0.4, -0.2) is 34.9 Å². The highest BCUT2D eigenvalue weighted by atomic mass is 32.1. The van der Waals surface area contributed by atoms with Crippen molar-refractivity contribution in [2.24, 2.45) is 0 Å². The number of aromatic nitrogens is 2. The molecule has 2 N–H and O–H groups in total. The molecule has 0 saturated carbocycles. The van der Waals surface area contributed by atoms with Gasteiger partial charge in [-0.05, 0) is 37.4 Å². The van der Waals surface area contributed by atoms with Crippen LogP contribution in [0.5, 0.6) is 0 Å². The highest BCUT2D eigenvalue weighted by Crippen LogP contribution is 2.19. The molecule has 0 saturated heterocycles. The fraction of sp³-hybridized carbons (Fsp3) is 0.263. The highest BCUT2D eigenvalue weighted by Gasteiger charge is 2.12. The molecule has 0 atom stereocenters. The fourth-order valence-electron chi connectivity index (χ4n) is 2.58. The van der Waals surface area contributed by atoms with Gasteiger partial charge in [0.25, 0.3) is 5.91 Å². The number of carbonyl (C=O) groups excluding carboxylic acids is 2. The van der Waals surface area contributed by atoms with Crippen LogP contribution in [0.4, 0.5) is 16.6 Å². The van der Waals surface area contributed by atoms with Crippen LogP contribution in [0, 0.1) is 0 Å². The van der Waals surface area contributed by atoms with E-state index in [1.165, 1.54) is 22.7 Å². The summed E-state index contributed by atoms with van der Waals surface area (Å²) in [7, 11) is 0. The van der Waals surface area contributed by atoms with Crippen LogP contribution in [0.25, 0.3) is 0 Å². The topological polar surface area (TPSA) is 87.2 Å². The molecule has 0 aliphatic carbocycles. The first kappa shape index (κ1) is 20.0.